The molecule has 1 heterocycles. The third-order valence-electron chi connectivity index (χ3n) is 3.67. The van der Waals surface area contributed by atoms with Crippen LogP contribution in [-0.2, 0) is 14.3 Å². The minimum atomic E-state index is -0.530. The summed E-state index contributed by atoms with van der Waals surface area (Å²) in [7, 11) is 1.56. The summed E-state index contributed by atoms with van der Waals surface area (Å²) in [4.78, 5) is 28.3. The lowest BCUT2D eigenvalue weighted by Gasteiger charge is -2.23. The van der Waals surface area contributed by atoms with Crippen molar-refractivity contribution in [3.8, 4) is 5.88 Å². The zero-order valence-corrected chi connectivity index (χ0v) is 18.1. The summed E-state index contributed by atoms with van der Waals surface area (Å²) in [5.41, 5.74) is -0.125. The van der Waals surface area contributed by atoms with Crippen LogP contribution in [-0.4, -0.2) is 41.9 Å². The van der Waals surface area contributed by atoms with E-state index in [9.17, 15) is 9.59 Å². The molecule has 158 valence electrons. The molecule has 0 saturated heterocycles. The third-order valence-corrected chi connectivity index (χ3v) is 3.67. The van der Waals surface area contributed by atoms with Crippen LogP contribution >= 0.6 is 0 Å². The number of nitrogens with one attached hydrogen (secondary N) is 1. The highest BCUT2D eigenvalue weighted by Crippen LogP contribution is 2.27. The van der Waals surface area contributed by atoms with Gasteiger partial charge in [-0.05, 0) is 65.9 Å². The molecule has 0 aliphatic rings. The Morgan fingerprint density at radius 2 is 1.71 bits per heavy atom. The summed E-state index contributed by atoms with van der Waals surface area (Å²) in [6.07, 6.45) is 2.91. The lowest BCUT2D eigenvalue weighted by Crippen LogP contribution is -2.33. The molecule has 0 spiro atoms. The van der Waals surface area contributed by atoms with E-state index in [1.54, 1.807) is 19.4 Å². The molecule has 0 aromatic carbocycles. The highest BCUT2D eigenvalue weighted by atomic mass is 16.6. The van der Waals surface area contributed by atoms with Gasteiger partial charge in [0, 0.05) is 18.8 Å². The first-order chi connectivity index (χ1) is 12.9. The second-order valence-electron chi connectivity index (χ2n) is 8.69. The van der Waals surface area contributed by atoms with Crippen molar-refractivity contribution >= 4 is 12.1 Å². The zero-order chi connectivity index (χ0) is 21.4. The number of nitrogens with zero attached hydrogens (tertiary/aromatic N) is 1. The van der Waals surface area contributed by atoms with Crippen LogP contribution in [0.25, 0.3) is 0 Å². The summed E-state index contributed by atoms with van der Waals surface area (Å²) in [5, 5.41) is 2.74. The second-order valence-corrected chi connectivity index (χ2v) is 8.69. The van der Waals surface area contributed by atoms with Gasteiger partial charge in [0.15, 0.2) is 0 Å². The van der Waals surface area contributed by atoms with Gasteiger partial charge in [-0.1, -0.05) is 6.07 Å². The molecule has 7 heteroatoms. The van der Waals surface area contributed by atoms with Gasteiger partial charge in [-0.15, -0.1) is 0 Å². The molecule has 1 N–H and O–H groups in total. The van der Waals surface area contributed by atoms with Crippen LogP contribution in [0.1, 0.15) is 72.3 Å². The van der Waals surface area contributed by atoms with Crippen molar-refractivity contribution in [3.63, 3.8) is 0 Å². The number of carbonyl (C=O) groups is 2. The van der Waals surface area contributed by atoms with E-state index in [1.807, 2.05) is 47.6 Å². The maximum absolute atomic E-state index is 12.3. The van der Waals surface area contributed by atoms with Crippen molar-refractivity contribution in [2.45, 2.75) is 77.9 Å². The first-order valence-corrected chi connectivity index (χ1v) is 9.58. The van der Waals surface area contributed by atoms with Crippen LogP contribution in [0.2, 0.25) is 0 Å². The summed E-state index contributed by atoms with van der Waals surface area (Å²) in [6.45, 7) is 11.5. The van der Waals surface area contributed by atoms with Crippen LogP contribution < -0.4 is 10.1 Å². The maximum Gasteiger partial charge on any atom is 0.407 e. The van der Waals surface area contributed by atoms with Crippen LogP contribution in [0, 0.1) is 0 Å². The van der Waals surface area contributed by atoms with E-state index < -0.39 is 17.3 Å². The van der Waals surface area contributed by atoms with Gasteiger partial charge in [-0.3, -0.25) is 4.79 Å². The van der Waals surface area contributed by atoms with Crippen LogP contribution in [0.5, 0.6) is 5.88 Å². The zero-order valence-electron chi connectivity index (χ0n) is 18.1. The fourth-order valence-electron chi connectivity index (χ4n) is 2.58. The van der Waals surface area contributed by atoms with Gasteiger partial charge < -0.3 is 19.5 Å². The van der Waals surface area contributed by atoms with Crippen molar-refractivity contribution < 1.29 is 23.8 Å². The molecule has 0 radical (unpaired) electrons. The van der Waals surface area contributed by atoms with Crippen LogP contribution in [0.3, 0.4) is 0 Å². The Kier molecular flexibility index (Phi) is 8.72. The highest BCUT2D eigenvalue weighted by Gasteiger charge is 2.22. The summed E-state index contributed by atoms with van der Waals surface area (Å²) in [5.74, 6) is 0.202. The largest absolute Gasteiger partial charge is 0.481 e. The van der Waals surface area contributed by atoms with Crippen LogP contribution in [0.15, 0.2) is 18.3 Å². The lowest BCUT2D eigenvalue weighted by atomic mass is 9.92. The van der Waals surface area contributed by atoms with E-state index in [0.29, 0.717) is 25.3 Å². The SMILES string of the molecule is COc1ccc(C(CCCNC(=O)OC(C)(C)C)CC(=O)OC(C)(C)C)cn1. The lowest BCUT2D eigenvalue weighted by molar-refractivity contribution is -0.155. The predicted octanol–water partition coefficient (Wildman–Crippen LogP) is 4.21. The Morgan fingerprint density at radius 3 is 2.21 bits per heavy atom. The number of amides is 1. The normalized spacial score (nSPS) is 12.8. The molecule has 0 aliphatic carbocycles. The van der Waals surface area contributed by atoms with Gasteiger partial charge >= 0.3 is 12.1 Å². The molecule has 0 saturated carbocycles. The predicted molar refractivity (Wildman–Crippen MR) is 107 cm³/mol. The molecule has 0 aliphatic heterocycles. The highest BCUT2D eigenvalue weighted by molar-refractivity contribution is 5.71. The molecule has 1 atom stereocenters. The molecule has 28 heavy (non-hydrogen) atoms. The first-order valence-electron chi connectivity index (χ1n) is 9.58. The minimum Gasteiger partial charge on any atom is -0.481 e. The molecule has 0 bridgehead atoms. The molecule has 1 aromatic rings. The Morgan fingerprint density at radius 1 is 1.07 bits per heavy atom. The first kappa shape index (κ1) is 23.7. The molecule has 0 fully saturated rings. The summed E-state index contributed by atoms with van der Waals surface area (Å²) >= 11 is 0. The molecule has 7 nitrogen and oxygen atoms in total. The van der Waals surface area contributed by atoms with Gasteiger partial charge in [-0.2, -0.15) is 0 Å². The number of carbonyl (C=O) groups excluding carboxylic acids is 2. The van der Waals surface area contributed by atoms with Gasteiger partial charge in [-0.25, -0.2) is 9.78 Å². The number of methoxy groups -OCH3 is 1. The van der Waals surface area contributed by atoms with Gasteiger partial charge in [0.25, 0.3) is 0 Å². The molecule has 1 aromatic heterocycles. The number of esters is 1. The Labute approximate surface area is 168 Å². The number of ether oxygens (including phenoxy) is 3. The average Bonchev–Trinajstić information content (AvgIpc) is 2.54. The van der Waals surface area contributed by atoms with Crippen molar-refractivity contribution in [2.24, 2.45) is 0 Å². The molecular weight excluding hydrogens is 360 g/mol. The summed E-state index contributed by atoms with van der Waals surface area (Å²) in [6, 6.07) is 3.68. The van der Waals surface area contributed by atoms with Crippen molar-refractivity contribution in [2.75, 3.05) is 13.7 Å². The Balaban J connectivity index is 2.67. The smallest absolute Gasteiger partial charge is 0.407 e. The number of aromatic nitrogens is 1. The Hall–Kier alpha value is -2.31. The number of rotatable bonds is 8. The second kappa shape index (κ2) is 10.3. The number of hydrogen-bond donors (Lipinski definition) is 1. The van der Waals surface area contributed by atoms with E-state index >= 15 is 0 Å². The average molecular weight is 395 g/mol. The number of alkyl carbamates (subject to hydrolysis) is 1. The fourth-order valence-corrected chi connectivity index (χ4v) is 2.58. The number of pyridine rings is 1. The van der Waals surface area contributed by atoms with Gasteiger partial charge in [0.1, 0.15) is 11.2 Å². The van der Waals surface area contributed by atoms with Crippen molar-refractivity contribution in [1.82, 2.24) is 10.3 Å². The Bertz CT molecular complexity index is 630. The van der Waals surface area contributed by atoms with E-state index in [4.69, 9.17) is 14.2 Å². The minimum absolute atomic E-state index is 0.0614. The quantitative estimate of drug-likeness (QED) is 0.525. The number of hydrogen-bond acceptors (Lipinski definition) is 6. The monoisotopic (exact) mass is 394 g/mol. The standard InChI is InChI=1S/C21H34N2O5/c1-20(2,3)27-18(24)13-15(16-10-11-17(26-7)23-14-16)9-8-12-22-19(25)28-21(4,5)6/h10-11,14-15H,8-9,12-13H2,1-7H3,(H,22,25). The fraction of sp³-hybridized carbons (Fsp3) is 0.667. The van der Waals surface area contributed by atoms with Crippen LogP contribution in [0.4, 0.5) is 4.79 Å². The maximum atomic E-state index is 12.3. The van der Waals surface area contributed by atoms with Gasteiger partial charge in [0.2, 0.25) is 5.88 Å². The molecular formula is C21H34N2O5. The molecule has 1 rings (SSSR count). The third kappa shape index (κ3) is 10.1. The summed E-state index contributed by atoms with van der Waals surface area (Å²) < 4.78 is 15.8. The van der Waals surface area contributed by atoms with Crippen molar-refractivity contribution in [3.05, 3.63) is 23.9 Å². The van der Waals surface area contributed by atoms with E-state index in [2.05, 4.69) is 10.3 Å². The topological polar surface area (TPSA) is 86.8 Å². The van der Waals surface area contributed by atoms with E-state index in [-0.39, 0.29) is 18.3 Å². The van der Waals surface area contributed by atoms with Gasteiger partial charge in [0.05, 0.1) is 13.5 Å². The van der Waals surface area contributed by atoms with E-state index in [0.717, 1.165) is 5.56 Å². The molecule has 1 unspecified atom stereocenters. The van der Waals surface area contributed by atoms with E-state index in [1.165, 1.54) is 0 Å². The molecule has 1 amide bonds. The van der Waals surface area contributed by atoms with Crippen molar-refractivity contribution in [1.29, 1.82) is 0 Å².